The molecule has 9 heteroatoms. The highest BCUT2D eigenvalue weighted by molar-refractivity contribution is 9.10. The number of nitrogens with zero attached hydrogens (tertiary/aromatic N) is 2. The third kappa shape index (κ3) is 7.43. The van der Waals surface area contributed by atoms with Crippen molar-refractivity contribution in [3.63, 3.8) is 0 Å². The smallest absolute Gasteiger partial charge is 0.243 e. The Hall–Kier alpha value is -1.94. The first-order valence-corrected chi connectivity index (χ1v) is 11.3. The van der Waals surface area contributed by atoms with Crippen molar-refractivity contribution >= 4 is 31.9 Å². The van der Waals surface area contributed by atoms with Gasteiger partial charge in [-0.3, -0.25) is 4.79 Å². The van der Waals surface area contributed by atoms with Crippen LogP contribution in [0, 0.1) is 0 Å². The average molecular weight is 484 g/mol. The van der Waals surface area contributed by atoms with Crippen molar-refractivity contribution in [3.8, 4) is 5.75 Å². The molecule has 0 heterocycles. The minimum Gasteiger partial charge on any atom is -0.492 e. The van der Waals surface area contributed by atoms with Gasteiger partial charge in [-0.1, -0.05) is 28.1 Å². The number of hydrogen-bond acceptors (Lipinski definition) is 5. The van der Waals surface area contributed by atoms with E-state index >= 15 is 0 Å². The number of rotatable bonds is 10. The number of carbonyl (C=O) groups excluding carboxylic acids is 1. The van der Waals surface area contributed by atoms with E-state index in [0.29, 0.717) is 13.2 Å². The van der Waals surface area contributed by atoms with E-state index in [2.05, 4.69) is 21.2 Å². The normalized spacial score (nSPS) is 11.7. The first kappa shape index (κ1) is 23.3. The molecule has 158 valence electrons. The lowest BCUT2D eigenvalue weighted by Gasteiger charge is -2.17. The summed E-state index contributed by atoms with van der Waals surface area (Å²) in [6.07, 6.45) is 0. The van der Waals surface area contributed by atoms with Gasteiger partial charge in [0, 0.05) is 24.6 Å². The molecule has 0 aromatic heterocycles. The molecule has 2 aromatic rings. The van der Waals surface area contributed by atoms with Crippen LogP contribution in [0.3, 0.4) is 0 Å². The Labute approximate surface area is 180 Å². The molecule has 2 rings (SSSR count). The molecule has 0 aliphatic rings. The molecule has 0 fully saturated rings. The molecular formula is C20H26BrN3O4S. The summed E-state index contributed by atoms with van der Waals surface area (Å²) in [4.78, 5) is 14.4. The van der Waals surface area contributed by atoms with E-state index in [1.165, 1.54) is 19.2 Å². The topological polar surface area (TPSA) is 79.0 Å². The van der Waals surface area contributed by atoms with Gasteiger partial charge in [-0.25, -0.2) is 8.42 Å². The molecule has 1 amide bonds. The number of carbonyl (C=O) groups is 1. The zero-order valence-corrected chi connectivity index (χ0v) is 19.2. The van der Waals surface area contributed by atoms with E-state index in [4.69, 9.17) is 4.74 Å². The lowest BCUT2D eigenvalue weighted by molar-refractivity contribution is -0.121. The van der Waals surface area contributed by atoms with Gasteiger partial charge in [-0.15, -0.1) is 0 Å². The fourth-order valence-corrected chi connectivity index (χ4v) is 3.77. The number of sulfonamides is 1. The summed E-state index contributed by atoms with van der Waals surface area (Å²) in [6.45, 7) is 1.48. The lowest BCUT2D eigenvalue weighted by Crippen LogP contribution is -2.38. The van der Waals surface area contributed by atoms with Crippen molar-refractivity contribution < 1.29 is 17.9 Å². The Kier molecular flexibility index (Phi) is 8.63. The molecule has 7 nitrogen and oxygen atoms in total. The number of likely N-dealkylation sites (N-methyl/N-ethyl adjacent to an activating group) is 2. The van der Waals surface area contributed by atoms with Crippen molar-refractivity contribution in [1.29, 1.82) is 0 Å². The Morgan fingerprint density at radius 2 is 1.66 bits per heavy atom. The maximum atomic E-state index is 12.5. The summed E-state index contributed by atoms with van der Waals surface area (Å²) in [7, 11) is 1.63. The molecule has 29 heavy (non-hydrogen) atoms. The second-order valence-corrected chi connectivity index (χ2v) is 9.75. The van der Waals surface area contributed by atoms with E-state index in [1.807, 2.05) is 43.3 Å². The molecule has 0 saturated heterocycles. The molecule has 0 unspecified atom stereocenters. The van der Waals surface area contributed by atoms with Crippen LogP contribution < -0.4 is 10.1 Å². The van der Waals surface area contributed by atoms with Crippen LogP contribution in [0.15, 0.2) is 57.9 Å². The first-order valence-electron chi connectivity index (χ1n) is 9.03. The van der Waals surface area contributed by atoms with Gasteiger partial charge in [-0.2, -0.15) is 4.31 Å². The molecule has 1 N–H and O–H groups in total. The molecular weight excluding hydrogens is 458 g/mol. The Balaban J connectivity index is 1.83. The Morgan fingerprint density at radius 3 is 2.24 bits per heavy atom. The van der Waals surface area contributed by atoms with Gasteiger partial charge in [0.1, 0.15) is 12.4 Å². The molecule has 2 aromatic carbocycles. The van der Waals surface area contributed by atoms with E-state index < -0.39 is 10.0 Å². The van der Waals surface area contributed by atoms with Crippen molar-refractivity contribution in [2.45, 2.75) is 11.4 Å². The molecule has 0 aliphatic carbocycles. The summed E-state index contributed by atoms with van der Waals surface area (Å²) in [5.74, 6) is 0.391. The third-order valence-corrected chi connectivity index (χ3v) is 6.45. The largest absolute Gasteiger partial charge is 0.492 e. The van der Waals surface area contributed by atoms with Gasteiger partial charge in [0.25, 0.3) is 0 Å². The van der Waals surface area contributed by atoms with Gasteiger partial charge >= 0.3 is 0 Å². The second kappa shape index (κ2) is 10.7. The number of halogens is 1. The third-order valence-electron chi connectivity index (χ3n) is 4.11. The van der Waals surface area contributed by atoms with Gasteiger partial charge in [0.05, 0.1) is 11.4 Å². The highest BCUT2D eigenvalue weighted by Gasteiger charge is 2.22. The van der Waals surface area contributed by atoms with Crippen LogP contribution in [0.2, 0.25) is 0 Å². The molecule has 0 bridgehead atoms. The summed E-state index contributed by atoms with van der Waals surface area (Å²) < 4.78 is 32.5. The number of benzene rings is 2. The molecule has 0 spiro atoms. The Bertz CT molecular complexity index is 900. The predicted octanol–water partition coefficient (Wildman–Crippen LogP) is 2.33. The van der Waals surface area contributed by atoms with Crippen LogP contribution in [-0.4, -0.2) is 64.4 Å². The van der Waals surface area contributed by atoms with Gasteiger partial charge in [0.15, 0.2) is 0 Å². The summed E-state index contributed by atoms with van der Waals surface area (Å²) >= 11 is 3.27. The van der Waals surface area contributed by atoms with Crippen LogP contribution in [0.1, 0.15) is 5.56 Å². The summed E-state index contributed by atoms with van der Waals surface area (Å²) in [6, 6.07) is 13.7. The minimum atomic E-state index is -3.72. The van der Waals surface area contributed by atoms with E-state index in [9.17, 15) is 13.2 Å². The van der Waals surface area contributed by atoms with Crippen molar-refractivity contribution in [2.75, 3.05) is 40.8 Å². The highest BCUT2D eigenvalue weighted by atomic mass is 79.9. The van der Waals surface area contributed by atoms with Crippen molar-refractivity contribution in [3.05, 3.63) is 58.6 Å². The fraction of sp³-hybridized carbons (Fsp3) is 0.350. The number of ether oxygens (including phenoxy) is 1. The second-order valence-electron chi connectivity index (χ2n) is 6.79. The van der Waals surface area contributed by atoms with E-state index in [0.717, 1.165) is 26.6 Å². The quantitative estimate of drug-likeness (QED) is 0.560. The van der Waals surface area contributed by atoms with Gasteiger partial charge in [-0.05, 0) is 56.1 Å². The Morgan fingerprint density at radius 1 is 1.03 bits per heavy atom. The highest BCUT2D eigenvalue weighted by Crippen LogP contribution is 2.17. The number of hydrogen-bond donors (Lipinski definition) is 1. The van der Waals surface area contributed by atoms with Crippen LogP contribution in [0.25, 0.3) is 0 Å². The zero-order valence-electron chi connectivity index (χ0n) is 16.8. The maximum absolute atomic E-state index is 12.5. The maximum Gasteiger partial charge on any atom is 0.243 e. The minimum absolute atomic E-state index is 0.140. The van der Waals surface area contributed by atoms with Crippen molar-refractivity contribution in [1.82, 2.24) is 14.5 Å². The average Bonchev–Trinajstić information content (AvgIpc) is 2.67. The first-order chi connectivity index (χ1) is 13.7. The van der Waals surface area contributed by atoms with Crippen LogP contribution in [-0.2, 0) is 21.4 Å². The van der Waals surface area contributed by atoms with E-state index in [-0.39, 0.29) is 17.3 Å². The standard InChI is InChI=1S/C20H26BrN3O4S/c1-23(2)12-13-28-18-8-4-16(5-9-18)14-22-20(25)15-24(3)29(26,27)19-10-6-17(21)7-11-19/h4-11H,12-15H2,1-3H3,(H,22,25). The fourth-order valence-electron chi connectivity index (χ4n) is 2.38. The lowest BCUT2D eigenvalue weighted by atomic mass is 10.2. The van der Waals surface area contributed by atoms with Gasteiger partial charge in [0.2, 0.25) is 15.9 Å². The van der Waals surface area contributed by atoms with Gasteiger partial charge < -0.3 is 15.0 Å². The van der Waals surface area contributed by atoms with Crippen LogP contribution >= 0.6 is 15.9 Å². The summed E-state index contributed by atoms with van der Waals surface area (Å²) in [5.41, 5.74) is 0.900. The predicted molar refractivity (Wildman–Crippen MR) is 116 cm³/mol. The molecule has 0 saturated carbocycles. The zero-order chi connectivity index (χ0) is 21.4. The van der Waals surface area contributed by atoms with Crippen LogP contribution in [0.4, 0.5) is 0 Å². The molecule has 0 aliphatic heterocycles. The molecule has 0 radical (unpaired) electrons. The number of nitrogens with one attached hydrogen (secondary N) is 1. The molecule has 0 atom stereocenters. The monoisotopic (exact) mass is 483 g/mol. The van der Waals surface area contributed by atoms with E-state index in [1.54, 1.807) is 12.1 Å². The SMILES string of the molecule is CN(C)CCOc1ccc(CNC(=O)CN(C)S(=O)(=O)c2ccc(Br)cc2)cc1. The van der Waals surface area contributed by atoms with Crippen molar-refractivity contribution in [2.24, 2.45) is 0 Å². The number of amides is 1. The summed E-state index contributed by atoms with van der Waals surface area (Å²) in [5, 5.41) is 2.74. The van der Waals surface area contributed by atoms with Crippen LogP contribution in [0.5, 0.6) is 5.75 Å².